The van der Waals surface area contributed by atoms with Crippen LogP contribution in [0.2, 0.25) is 0 Å². The molecule has 0 spiro atoms. The molecule has 7 nitrogen and oxygen atoms in total. The summed E-state index contributed by atoms with van der Waals surface area (Å²) < 4.78 is 27.2. The van der Waals surface area contributed by atoms with Gasteiger partial charge in [-0.3, -0.25) is 0 Å². The largest absolute Gasteiger partial charge is 0.369 e. The first-order chi connectivity index (χ1) is 11.9. The summed E-state index contributed by atoms with van der Waals surface area (Å²) in [5, 5.41) is 8.97. The lowest BCUT2D eigenvalue weighted by atomic mass is 10.1. The van der Waals surface area contributed by atoms with Crippen LogP contribution in [0.3, 0.4) is 0 Å². The molecule has 4 N–H and O–H groups in total. The number of hydrogen-bond acceptors (Lipinski definition) is 4. The van der Waals surface area contributed by atoms with E-state index >= 15 is 0 Å². The van der Waals surface area contributed by atoms with Gasteiger partial charge in [-0.05, 0) is 24.4 Å². The molecule has 3 rings (SSSR count). The number of nitrogens with two attached hydrogens (primary N) is 2. The second-order valence-corrected chi connectivity index (χ2v) is 7.23. The van der Waals surface area contributed by atoms with Crippen LogP contribution in [0.15, 0.2) is 76.0 Å². The number of rotatable bonds is 4. The molecule has 0 aliphatic heterocycles. The van der Waals surface area contributed by atoms with Crippen molar-refractivity contribution in [2.24, 2.45) is 21.7 Å². The molecule has 0 saturated carbocycles. The molecule has 0 aliphatic rings. The van der Waals surface area contributed by atoms with Crippen LogP contribution in [0.1, 0.15) is 12.5 Å². The average Bonchev–Trinajstić information content (AvgIpc) is 3.10. The Balaban J connectivity index is 2.07. The van der Waals surface area contributed by atoms with Gasteiger partial charge in [0.05, 0.1) is 10.6 Å². The fraction of sp³-hybridized carbons (Fsp3) is 0.0588. The van der Waals surface area contributed by atoms with Crippen LogP contribution in [0.25, 0.3) is 10.8 Å². The molecule has 25 heavy (non-hydrogen) atoms. The lowest BCUT2D eigenvalue weighted by Gasteiger charge is -2.09. The maximum Gasteiger partial charge on any atom is 0.268 e. The third-order valence-electron chi connectivity index (χ3n) is 3.71. The van der Waals surface area contributed by atoms with E-state index in [0.717, 1.165) is 5.39 Å². The molecule has 0 saturated heterocycles. The molecule has 0 unspecified atom stereocenters. The third kappa shape index (κ3) is 3.24. The molecular formula is C17H17N5O2S. The van der Waals surface area contributed by atoms with E-state index in [1.165, 1.54) is 16.4 Å². The molecule has 3 aromatic rings. The van der Waals surface area contributed by atoms with E-state index in [-0.39, 0.29) is 10.9 Å². The molecule has 0 radical (unpaired) electrons. The van der Waals surface area contributed by atoms with Crippen molar-refractivity contribution in [3.8, 4) is 0 Å². The maximum atomic E-state index is 13.0. The fourth-order valence-electron chi connectivity index (χ4n) is 2.47. The molecule has 0 fully saturated rings. The van der Waals surface area contributed by atoms with Crippen molar-refractivity contribution in [2.75, 3.05) is 0 Å². The maximum absolute atomic E-state index is 13.0. The highest BCUT2D eigenvalue weighted by molar-refractivity contribution is 7.90. The van der Waals surface area contributed by atoms with E-state index < -0.39 is 10.0 Å². The monoisotopic (exact) mass is 355 g/mol. The van der Waals surface area contributed by atoms with Gasteiger partial charge in [0.2, 0.25) is 5.96 Å². The third-order valence-corrected chi connectivity index (χ3v) is 5.40. The number of aromatic nitrogens is 1. The minimum atomic E-state index is -3.73. The molecule has 2 aromatic carbocycles. The van der Waals surface area contributed by atoms with Gasteiger partial charge < -0.3 is 11.5 Å². The standard InChI is InChI=1S/C17H17N5O2S/c1-12(20-21-17(18)19)14-9-10-22(11-14)25(23,24)16-8-4-6-13-5-2-3-7-15(13)16/h2-11H,1H3,(H4,18,19,21)/b20-12+. The topological polar surface area (TPSA) is 116 Å². The molecule has 1 aromatic heterocycles. The summed E-state index contributed by atoms with van der Waals surface area (Å²) in [5.41, 5.74) is 11.6. The molecule has 128 valence electrons. The molecular weight excluding hydrogens is 338 g/mol. The number of nitrogens with zero attached hydrogens (tertiary/aromatic N) is 3. The number of benzene rings is 2. The second-order valence-electron chi connectivity index (χ2n) is 5.42. The zero-order valence-electron chi connectivity index (χ0n) is 13.5. The summed E-state index contributed by atoms with van der Waals surface area (Å²) in [7, 11) is -3.73. The Morgan fingerprint density at radius 1 is 1.00 bits per heavy atom. The van der Waals surface area contributed by atoms with Crippen molar-refractivity contribution in [1.29, 1.82) is 0 Å². The lowest BCUT2D eigenvalue weighted by molar-refractivity contribution is 0.588. The van der Waals surface area contributed by atoms with Crippen molar-refractivity contribution >= 4 is 32.5 Å². The van der Waals surface area contributed by atoms with Gasteiger partial charge in [0.25, 0.3) is 10.0 Å². The van der Waals surface area contributed by atoms with Gasteiger partial charge in [-0.1, -0.05) is 36.4 Å². The number of guanidine groups is 1. The van der Waals surface area contributed by atoms with Gasteiger partial charge in [0, 0.05) is 23.3 Å². The van der Waals surface area contributed by atoms with Crippen LogP contribution in [0, 0.1) is 0 Å². The average molecular weight is 355 g/mol. The van der Waals surface area contributed by atoms with E-state index in [2.05, 4.69) is 10.2 Å². The first-order valence-corrected chi connectivity index (χ1v) is 8.88. The Kier molecular flexibility index (Phi) is 4.28. The number of fused-ring (bicyclic) bond motifs is 1. The van der Waals surface area contributed by atoms with E-state index in [0.29, 0.717) is 16.7 Å². The molecule has 0 atom stereocenters. The highest BCUT2D eigenvalue weighted by Crippen LogP contribution is 2.25. The van der Waals surface area contributed by atoms with E-state index in [1.807, 2.05) is 24.3 Å². The molecule has 0 aliphatic carbocycles. The number of hydrogen-bond donors (Lipinski definition) is 2. The fourth-order valence-corrected chi connectivity index (χ4v) is 3.88. The van der Waals surface area contributed by atoms with Gasteiger partial charge >= 0.3 is 0 Å². The lowest BCUT2D eigenvalue weighted by Crippen LogP contribution is -2.22. The van der Waals surface area contributed by atoms with E-state index in [4.69, 9.17) is 11.5 Å². The van der Waals surface area contributed by atoms with Crippen LogP contribution in [0.4, 0.5) is 0 Å². The van der Waals surface area contributed by atoms with Crippen molar-refractivity contribution in [2.45, 2.75) is 11.8 Å². The van der Waals surface area contributed by atoms with Gasteiger partial charge in [-0.25, -0.2) is 12.4 Å². The van der Waals surface area contributed by atoms with Gasteiger partial charge in [-0.15, -0.1) is 5.10 Å². The highest BCUT2D eigenvalue weighted by Gasteiger charge is 2.19. The Morgan fingerprint density at radius 3 is 2.48 bits per heavy atom. The Labute approximate surface area is 145 Å². The van der Waals surface area contributed by atoms with Gasteiger partial charge in [-0.2, -0.15) is 5.10 Å². The van der Waals surface area contributed by atoms with Crippen LogP contribution in [0.5, 0.6) is 0 Å². The van der Waals surface area contributed by atoms with Crippen LogP contribution < -0.4 is 11.5 Å². The van der Waals surface area contributed by atoms with E-state index in [9.17, 15) is 8.42 Å². The summed E-state index contributed by atoms with van der Waals surface area (Å²) in [6, 6.07) is 14.2. The first kappa shape index (κ1) is 16.7. The smallest absolute Gasteiger partial charge is 0.268 e. The first-order valence-electron chi connectivity index (χ1n) is 7.44. The summed E-state index contributed by atoms with van der Waals surface area (Å²) in [4.78, 5) is 0.242. The van der Waals surface area contributed by atoms with Crippen molar-refractivity contribution in [1.82, 2.24) is 3.97 Å². The Hall–Kier alpha value is -3.13. The van der Waals surface area contributed by atoms with Crippen molar-refractivity contribution in [3.63, 3.8) is 0 Å². The summed E-state index contributed by atoms with van der Waals surface area (Å²) in [6.45, 7) is 1.69. The predicted octanol–water partition coefficient (Wildman–Crippen LogP) is 1.88. The van der Waals surface area contributed by atoms with Crippen LogP contribution in [-0.2, 0) is 10.0 Å². The zero-order valence-corrected chi connectivity index (χ0v) is 14.3. The van der Waals surface area contributed by atoms with Crippen molar-refractivity contribution in [3.05, 3.63) is 66.5 Å². The molecule has 1 heterocycles. The Bertz CT molecular complexity index is 1090. The second kappa shape index (κ2) is 6.40. The van der Waals surface area contributed by atoms with Crippen LogP contribution >= 0.6 is 0 Å². The minimum absolute atomic E-state index is 0.165. The quantitative estimate of drug-likeness (QED) is 0.422. The molecule has 8 heteroatoms. The highest BCUT2D eigenvalue weighted by atomic mass is 32.2. The molecule has 0 bridgehead atoms. The normalized spacial score (nSPS) is 12.3. The zero-order chi connectivity index (χ0) is 18.0. The summed E-state index contributed by atoms with van der Waals surface area (Å²) in [5.74, 6) is -0.165. The van der Waals surface area contributed by atoms with Crippen molar-refractivity contribution < 1.29 is 8.42 Å². The van der Waals surface area contributed by atoms with Gasteiger partial charge in [0.1, 0.15) is 0 Å². The Morgan fingerprint density at radius 2 is 1.72 bits per heavy atom. The molecule has 0 amide bonds. The summed E-state index contributed by atoms with van der Waals surface area (Å²) in [6.07, 6.45) is 2.96. The summed E-state index contributed by atoms with van der Waals surface area (Å²) >= 11 is 0. The SMILES string of the molecule is C/C(=N\N=C(N)N)c1ccn(S(=O)(=O)c2cccc3ccccc23)c1. The predicted molar refractivity (Wildman–Crippen MR) is 99.0 cm³/mol. The van der Waals surface area contributed by atoms with Crippen LogP contribution in [-0.4, -0.2) is 24.1 Å². The van der Waals surface area contributed by atoms with Gasteiger partial charge in [0.15, 0.2) is 0 Å². The minimum Gasteiger partial charge on any atom is -0.369 e. The van der Waals surface area contributed by atoms with E-state index in [1.54, 1.807) is 31.2 Å².